The Morgan fingerprint density at radius 2 is 1.72 bits per heavy atom. The first-order chi connectivity index (χ1) is 13.8. The third kappa shape index (κ3) is 4.72. The summed E-state index contributed by atoms with van der Waals surface area (Å²) < 4.78 is 33.9. The van der Waals surface area contributed by atoms with Gasteiger partial charge in [0.2, 0.25) is 10.0 Å². The molecule has 0 aliphatic heterocycles. The number of sulfonamides is 1. The summed E-state index contributed by atoms with van der Waals surface area (Å²) in [6, 6.07) is 9.81. The zero-order valence-corrected chi connectivity index (χ0v) is 17.6. The summed E-state index contributed by atoms with van der Waals surface area (Å²) in [7, 11) is -2.05. The molecule has 29 heavy (non-hydrogen) atoms. The number of hydrogen-bond donors (Lipinski definition) is 2. The first-order valence-corrected chi connectivity index (χ1v) is 10.5. The van der Waals surface area contributed by atoms with Gasteiger partial charge in [0.15, 0.2) is 5.82 Å². The molecule has 0 saturated carbocycles. The molecular formula is C19H24N6O3S. The van der Waals surface area contributed by atoms with Crippen molar-refractivity contribution in [3.63, 3.8) is 0 Å². The van der Waals surface area contributed by atoms with Gasteiger partial charge in [-0.1, -0.05) is 0 Å². The van der Waals surface area contributed by atoms with Crippen LogP contribution in [0.1, 0.15) is 17.0 Å². The van der Waals surface area contributed by atoms with Crippen molar-refractivity contribution in [1.29, 1.82) is 0 Å². The lowest BCUT2D eigenvalue weighted by molar-refractivity contribution is 0.414. The summed E-state index contributed by atoms with van der Waals surface area (Å²) in [6.07, 6.45) is 0. The number of anilines is 1. The molecular weight excluding hydrogens is 392 g/mol. The lowest BCUT2D eigenvalue weighted by atomic mass is 10.2. The summed E-state index contributed by atoms with van der Waals surface area (Å²) in [5.41, 5.74) is 3.10. The molecule has 10 heteroatoms. The maximum atomic E-state index is 12.3. The van der Waals surface area contributed by atoms with Crippen molar-refractivity contribution in [2.45, 2.75) is 25.7 Å². The molecule has 0 aliphatic carbocycles. The largest absolute Gasteiger partial charge is 0.497 e. The van der Waals surface area contributed by atoms with E-state index in [1.807, 2.05) is 26.8 Å². The fraction of sp³-hybridized carbons (Fsp3) is 0.316. The smallest absolute Gasteiger partial charge is 0.240 e. The van der Waals surface area contributed by atoms with Crippen molar-refractivity contribution in [3.05, 3.63) is 53.3 Å². The molecule has 2 aromatic heterocycles. The predicted octanol–water partition coefficient (Wildman–Crippen LogP) is 1.99. The van der Waals surface area contributed by atoms with E-state index in [-0.39, 0.29) is 11.4 Å². The summed E-state index contributed by atoms with van der Waals surface area (Å²) in [4.78, 5) is 0.183. The van der Waals surface area contributed by atoms with Crippen molar-refractivity contribution in [1.82, 2.24) is 24.7 Å². The van der Waals surface area contributed by atoms with Gasteiger partial charge in [-0.05, 0) is 62.7 Å². The zero-order valence-electron chi connectivity index (χ0n) is 16.8. The number of ether oxygens (including phenoxy) is 1. The molecule has 154 valence electrons. The van der Waals surface area contributed by atoms with Gasteiger partial charge in [0.25, 0.3) is 0 Å². The Bertz CT molecular complexity index is 1080. The van der Waals surface area contributed by atoms with Crippen molar-refractivity contribution in [2.75, 3.05) is 25.5 Å². The average Bonchev–Trinajstić information content (AvgIpc) is 2.99. The van der Waals surface area contributed by atoms with E-state index in [9.17, 15) is 8.42 Å². The van der Waals surface area contributed by atoms with Crippen LogP contribution in [0, 0.1) is 20.8 Å². The second-order valence-electron chi connectivity index (χ2n) is 6.48. The van der Waals surface area contributed by atoms with Crippen LogP contribution in [0.3, 0.4) is 0 Å². The van der Waals surface area contributed by atoms with Gasteiger partial charge in [0, 0.05) is 18.8 Å². The molecule has 9 nitrogen and oxygen atoms in total. The van der Waals surface area contributed by atoms with Crippen LogP contribution in [0.25, 0.3) is 5.82 Å². The number of aromatic nitrogens is 4. The standard InChI is InChI=1S/C19H24N6O3S/c1-13-14(2)24-25(15(13)3)19-10-9-18(22-23-19)20-11-12-21-29(26,27)17-7-5-16(28-4)6-8-17/h5-10,21H,11-12H2,1-4H3,(H,20,22). The van der Waals surface area contributed by atoms with Crippen LogP contribution in [0.2, 0.25) is 0 Å². The molecule has 0 aliphatic rings. The fourth-order valence-corrected chi connectivity index (χ4v) is 3.72. The molecule has 2 N–H and O–H groups in total. The van der Waals surface area contributed by atoms with E-state index in [0.717, 1.165) is 17.0 Å². The van der Waals surface area contributed by atoms with Gasteiger partial charge in [-0.2, -0.15) is 5.10 Å². The normalized spacial score (nSPS) is 11.4. The minimum Gasteiger partial charge on any atom is -0.497 e. The zero-order chi connectivity index (χ0) is 21.0. The minimum atomic E-state index is -3.58. The molecule has 3 rings (SSSR count). The van der Waals surface area contributed by atoms with Crippen LogP contribution < -0.4 is 14.8 Å². The maximum Gasteiger partial charge on any atom is 0.240 e. The molecule has 0 radical (unpaired) electrons. The number of hydrogen-bond acceptors (Lipinski definition) is 7. The van der Waals surface area contributed by atoms with Gasteiger partial charge in [0.05, 0.1) is 17.7 Å². The Hall–Kier alpha value is -2.98. The first kappa shape index (κ1) is 20.7. The average molecular weight is 417 g/mol. The van der Waals surface area contributed by atoms with Crippen LogP contribution in [-0.4, -0.2) is 48.6 Å². The molecule has 3 aromatic rings. The van der Waals surface area contributed by atoms with E-state index in [0.29, 0.717) is 23.9 Å². The fourth-order valence-electron chi connectivity index (χ4n) is 2.69. The highest BCUT2D eigenvalue weighted by atomic mass is 32.2. The SMILES string of the molecule is COc1ccc(S(=O)(=O)NCCNc2ccc(-n3nc(C)c(C)c3C)nn2)cc1. The van der Waals surface area contributed by atoms with E-state index in [1.165, 1.54) is 19.2 Å². The summed E-state index contributed by atoms with van der Waals surface area (Å²) in [5, 5.41) is 15.8. The van der Waals surface area contributed by atoms with E-state index in [4.69, 9.17) is 4.74 Å². The Labute approximate surface area is 170 Å². The summed E-state index contributed by atoms with van der Waals surface area (Å²) >= 11 is 0. The van der Waals surface area contributed by atoms with E-state index in [2.05, 4.69) is 25.3 Å². The van der Waals surface area contributed by atoms with Gasteiger partial charge >= 0.3 is 0 Å². The molecule has 2 heterocycles. The second-order valence-corrected chi connectivity index (χ2v) is 8.25. The molecule has 0 fully saturated rings. The number of benzene rings is 1. The molecule has 0 spiro atoms. The Kier molecular flexibility index (Phi) is 6.14. The number of rotatable bonds is 8. The van der Waals surface area contributed by atoms with Crippen molar-refractivity contribution in [2.24, 2.45) is 0 Å². The molecule has 0 unspecified atom stereocenters. The van der Waals surface area contributed by atoms with Crippen LogP contribution in [0.15, 0.2) is 41.3 Å². The van der Waals surface area contributed by atoms with Gasteiger partial charge in [0.1, 0.15) is 11.6 Å². The monoisotopic (exact) mass is 416 g/mol. The van der Waals surface area contributed by atoms with Crippen molar-refractivity contribution >= 4 is 15.8 Å². The molecule has 0 atom stereocenters. The Morgan fingerprint density at radius 1 is 1.00 bits per heavy atom. The third-order valence-corrected chi connectivity index (χ3v) is 6.09. The third-order valence-electron chi connectivity index (χ3n) is 4.61. The number of nitrogens with zero attached hydrogens (tertiary/aromatic N) is 4. The first-order valence-electron chi connectivity index (χ1n) is 9.06. The van der Waals surface area contributed by atoms with Crippen LogP contribution in [0.5, 0.6) is 5.75 Å². The molecule has 0 saturated heterocycles. The molecule has 1 aromatic carbocycles. The van der Waals surface area contributed by atoms with Crippen LogP contribution >= 0.6 is 0 Å². The quantitative estimate of drug-likeness (QED) is 0.540. The Morgan fingerprint density at radius 3 is 2.28 bits per heavy atom. The number of nitrogens with one attached hydrogen (secondary N) is 2. The number of methoxy groups -OCH3 is 1. The second kappa shape index (κ2) is 8.58. The predicted molar refractivity (Wildman–Crippen MR) is 110 cm³/mol. The van der Waals surface area contributed by atoms with Crippen LogP contribution in [0.4, 0.5) is 5.82 Å². The highest BCUT2D eigenvalue weighted by molar-refractivity contribution is 7.89. The van der Waals surface area contributed by atoms with Gasteiger partial charge < -0.3 is 10.1 Å². The number of aryl methyl sites for hydroxylation is 1. The van der Waals surface area contributed by atoms with Crippen LogP contribution in [-0.2, 0) is 10.0 Å². The van der Waals surface area contributed by atoms with Crippen molar-refractivity contribution < 1.29 is 13.2 Å². The lowest BCUT2D eigenvalue weighted by Crippen LogP contribution is -2.29. The maximum absolute atomic E-state index is 12.3. The molecule has 0 bridgehead atoms. The lowest BCUT2D eigenvalue weighted by Gasteiger charge is -2.09. The summed E-state index contributed by atoms with van der Waals surface area (Å²) in [5.74, 6) is 1.78. The van der Waals surface area contributed by atoms with E-state index >= 15 is 0 Å². The minimum absolute atomic E-state index is 0.183. The van der Waals surface area contributed by atoms with E-state index < -0.39 is 10.0 Å². The highest BCUT2D eigenvalue weighted by Crippen LogP contribution is 2.16. The van der Waals surface area contributed by atoms with Crippen molar-refractivity contribution in [3.8, 4) is 11.6 Å². The van der Waals surface area contributed by atoms with Gasteiger partial charge in [-0.15, -0.1) is 10.2 Å². The van der Waals surface area contributed by atoms with Gasteiger partial charge in [-0.3, -0.25) is 0 Å². The Balaban J connectivity index is 1.54. The molecule has 0 amide bonds. The van der Waals surface area contributed by atoms with Gasteiger partial charge in [-0.25, -0.2) is 17.8 Å². The topological polar surface area (TPSA) is 111 Å². The highest BCUT2D eigenvalue weighted by Gasteiger charge is 2.13. The summed E-state index contributed by atoms with van der Waals surface area (Å²) in [6.45, 7) is 6.52. The van der Waals surface area contributed by atoms with E-state index in [1.54, 1.807) is 22.9 Å².